The molecule has 0 saturated carbocycles. The SMILES string of the molecule is CC(C)Cc1nc(Cc2ccc(Cl)cc2Cl)sc1CN. The normalized spacial score (nSPS) is 11.3. The van der Waals surface area contributed by atoms with Crippen molar-refractivity contribution in [2.75, 3.05) is 0 Å². The van der Waals surface area contributed by atoms with E-state index in [1.165, 1.54) is 4.88 Å². The summed E-state index contributed by atoms with van der Waals surface area (Å²) >= 11 is 13.8. The van der Waals surface area contributed by atoms with Crippen LogP contribution in [0.15, 0.2) is 18.2 Å². The van der Waals surface area contributed by atoms with Crippen LogP contribution < -0.4 is 5.73 Å². The lowest BCUT2D eigenvalue weighted by Gasteiger charge is -2.03. The van der Waals surface area contributed by atoms with Crippen LogP contribution in [0, 0.1) is 5.92 Å². The van der Waals surface area contributed by atoms with E-state index in [0.29, 0.717) is 22.5 Å². The van der Waals surface area contributed by atoms with Crippen molar-refractivity contribution in [1.82, 2.24) is 4.98 Å². The van der Waals surface area contributed by atoms with Crippen molar-refractivity contribution in [3.63, 3.8) is 0 Å². The van der Waals surface area contributed by atoms with Crippen LogP contribution in [0.5, 0.6) is 0 Å². The van der Waals surface area contributed by atoms with Gasteiger partial charge in [-0.1, -0.05) is 43.1 Å². The first kappa shape index (κ1) is 15.8. The molecule has 2 N–H and O–H groups in total. The van der Waals surface area contributed by atoms with Crippen molar-refractivity contribution >= 4 is 34.5 Å². The lowest BCUT2D eigenvalue weighted by molar-refractivity contribution is 0.632. The van der Waals surface area contributed by atoms with Gasteiger partial charge in [-0.15, -0.1) is 11.3 Å². The summed E-state index contributed by atoms with van der Waals surface area (Å²) in [7, 11) is 0. The predicted molar refractivity (Wildman–Crippen MR) is 87.8 cm³/mol. The number of hydrogen-bond donors (Lipinski definition) is 1. The van der Waals surface area contributed by atoms with Crippen LogP contribution in [0.2, 0.25) is 10.0 Å². The zero-order chi connectivity index (χ0) is 14.7. The fraction of sp³-hybridized carbons (Fsp3) is 0.400. The van der Waals surface area contributed by atoms with Gasteiger partial charge >= 0.3 is 0 Å². The van der Waals surface area contributed by atoms with Crippen molar-refractivity contribution in [1.29, 1.82) is 0 Å². The van der Waals surface area contributed by atoms with E-state index in [1.54, 1.807) is 17.4 Å². The van der Waals surface area contributed by atoms with Crippen LogP contribution in [0.4, 0.5) is 0 Å². The highest BCUT2D eigenvalue weighted by molar-refractivity contribution is 7.11. The quantitative estimate of drug-likeness (QED) is 0.864. The highest BCUT2D eigenvalue weighted by Crippen LogP contribution is 2.27. The number of rotatable bonds is 5. The number of hydrogen-bond acceptors (Lipinski definition) is 3. The number of nitrogens with two attached hydrogens (primary N) is 1. The number of nitrogens with zero attached hydrogens (tertiary/aromatic N) is 1. The van der Waals surface area contributed by atoms with Gasteiger partial charge in [-0.25, -0.2) is 4.98 Å². The fourth-order valence-corrected chi connectivity index (χ4v) is 3.52. The van der Waals surface area contributed by atoms with Crippen molar-refractivity contribution < 1.29 is 0 Å². The monoisotopic (exact) mass is 328 g/mol. The highest BCUT2D eigenvalue weighted by Gasteiger charge is 2.13. The van der Waals surface area contributed by atoms with E-state index in [9.17, 15) is 0 Å². The lowest BCUT2D eigenvalue weighted by atomic mass is 10.1. The largest absolute Gasteiger partial charge is 0.326 e. The third kappa shape index (κ3) is 3.95. The van der Waals surface area contributed by atoms with E-state index in [4.69, 9.17) is 33.9 Å². The molecule has 0 aliphatic carbocycles. The summed E-state index contributed by atoms with van der Waals surface area (Å²) in [6, 6.07) is 5.58. The third-order valence-electron chi connectivity index (χ3n) is 2.97. The van der Waals surface area contributed by atoms with Gasteiger partial charge < -0.3 is 5.73 Å². The first-order chi connectivity index (χ1) is 9.49. The Hall–Kier alpha value is -0.610. The first-order valence-corrected chi connectivity index (χ1v) is 8.18. The second-order valence-corrected chi connectivity index (χ2v) is 7.20. The van der Waals surface area contributed by atoms with Gasteiger partial charge in [0, 0.05) is 27.9 Å². The Balaban J connectivity index is 2.23. The maximum absolute atomic E-state index is 6.21. The Morgan fingerprint density at radius 1 is 1.30 bits per heavy atom. The number of thiazole rings is 1. The molecule has 5 heteroatoms. The molecule has 0 unspecified atom stereocenters. The van der Waals surface area contributed by atoms with Gasteiger partial charge in [0.2, 0.25) is 0 Å². The Kier molecular flexibility index (Phi) is 5.44. The molecule has 0 amide bonds. The molecule has 2 nitrogen and oxygen atoms in total. The Morgan fingerprint density at radius 2 is 2.05 bits per heavy atom. The molecule has 2 aromatic rings. The maximum atomic E-state index is 6.21. The van der Waals surface area contributed by atoms with E-state index in [2.05, 4.69) is 13.8 Å². The number of halogens is 2. The van der Waals surface area contributed by atoms with Crippen molar-refractivity contribution in [3.05, 3.63) is 49.4 Å². The molecule has 0 spiro atoms. The average molecular weight is 329 g/mol. The first-order valence-electron chi connectivity index (χ1n) is 6.61. The van der Waals surface area contributed by atoms with E-state index >= 15 is 0 Å². The minimum atomic E-state index is 0.550. The molecule has 0 aliphatic rings. The average Bonchev–Trinajstić information content (AvgIpc) is 2.74. The number of benzene rings is 1. The van der Waals surface area contributed by atoms with Crippen LogP contribution in [0.3, 0.4) is 0 Å². The summed E-state index contributed by atoms with van der Waals surface area (Å²) < 4.78 is 0. The summed E-state index contributed by atoms with van der Waals surface area (Å²) in [5.41, 5.74) is 7.99. The molecule has 2 rings (SSSR count). The topological polar surface area (TPSA) is 38.9 Å². The van der Waals surface area contributed by atoms with Gasteiger partial charge in [0.15, 0.2) is 0 Å². The summed E-state index contributed by atoms with van der Waals surface area (Å²) in [6.07, 6.45) is 1.70. The van der Waals surface area contributed by atoms with Gasteiger partial charge in [0.1, 0.15) is 0 Å². The van der Waals surface area contributed by atoms with Crippen molar-refractivity contribution in [2.45, 2.75) is 33.2 Å². The molecule has 1 heterocycles. The molecule has 20 heavy (non-hydrogen) atoms. The molecule has 0 fully saturated rings. The predicted octanol–water partition coefficient (Wildman–Crippen LogP) is 4.70. The van der Waals surface area contributed by atoms with Crippen LogP contribution in [-0.4, -0.2) is 4.98 Å². The van der Waals surface area contributed by atoms with E-state index in [1.807, 2.05) is 12.1 Å². The maximum Gasteiger partial charge on any atom is 0.0975 e. The molecule has 0 radical (unpaired) electrons. The van der Waals surface area contributed by atoms with Crippen molar-refractivity contribution in [3.8, 4) is 0 Å². The minimum absolute atomic E-state index is 0.550. The van der Waals surface area contributed by atoms with Crippen LogP contribution in [-0.2, 0) is 19.4 Å². The Labute approximate surface area is 133 Å². The Morgan fingerprint density at radius 3 is 2.65 bits per heavy atom. The van der Waals surface area contributed by atoms with Crippen LogP contribution in [0.25, 0.3) is 0 Å². The molecular formula is C15H18Cl2N2S. The summed E-state index contributed by atoms with van der Waals surface area (Å²) in [5, 5.41) is 2.40. The van der Waals surface area contributed by atoms with Gasteiger partial charge in [0.25, 0.3) is 0 Å². The molecule has 0 saturated heterocycles. The van der Waals surface area contributed by atoms with Gasteiger partial charge in [0.05, 0.1) is 10.7 Å². The molecule has 0 bridgehead atoms. The smallest absolute Gasteiger partial charge is 0.0975 e. The van der Waals surface area contributed by atoms with Crippen LogP contribution in [0.1, 0.15) is 35.0 Å². The van der Waals surface area contributed by atoms with E-state index < -0.39 is 0 Å². The molecule has 1 aromatic heterocycles. The summed E-state index contributed by atoms with van der Waals surface area (Å²) in [6.45, 7) is 4.93. The standard InChI is InChI=1S/C15H18Cl2N2S/c1-9(2)5-13-14(8-18)20-15(19-13)6-10-3-4-11(16)7-12(10)17/h3-4,7,9H,5-6,8,18H2,1-2H3. The highest BCUT2D eigenvalue weighted by atomic mass is 35.5. The third-order valence-corrected chi connectivity index (χ3v) is 4.67. The minimum Gasteiger partial charge on any atom is -0.326 e. The van der Waals surface area contributed by atoms with Gasteiger partial charge in [-0.2, -0.15) is 0 Å². The summed E-state index contributed by atoms with van der Waals surface area (Å²) in [5.74, 6) is 0.578. The van der Waals surface area contributed by atoms with Gasteiger partial charge in [-0.05, 0) is 30.0 Å². The van der Waals surface area contributed by atoms with Crippen molar-refractivity contribution in [2.24, 2.45) is 11.7 Å². The van der Waals surface area contributed by atoms with E-state index in [-0.39, 0.29) is 0 Å². The zero-order valence-electron chi connectivity index (χ0n) is 11.6. The second-order valence-electron chi connectivity index (χ2n) is 5.19. The molecule has 0 aliphatic heterocycles. The Bertz CT molecular complexity index is 594. The van der Waals surface area contributed by atoms with E-state index in [0.717, 1.165) is 29.1 Å². The lowest BCUT2D eigenvalue weighted by Crippen LogP contribution is -2.02. The molecule has 0 atom stereocenters. The van der Waals surface area contributed by atoms with Crippen LogP contribution >= 0.6 is 34.5 Å². The molecule has 1 aromatic carbocycles. The zero-order valence-corrected chi connectivity index (χ0v) is 13.9. The molecule has 108 valence electrons. The summed E-state index contributed by atoms with van der Waals surface area (Å²) in [4.78, 5) is 5.91. The molecular weight excluding hydrogens is 311 g/mol. The number of aromatic nitrogens is 1. The van der Waals surface area contributed by atoms with Gasteiger partial charge in [-0.3, -0.25) is 0 Å². The fourth-order valence-electron chi connectivity index (χ4n) is 2.05. The second kappa shape index (κ2) is 6.90.